The molecule has 116 valence electrons. The molecule has 0 aliphatic carbocycles. The van der Waals surface area contributed by atoms with Crippen molar-refractivity contribution in [3.8, 4) is 0 Å². The Morgan fingerprint density at radius 3 is 2.27 bits per heavy atom. The smallest absolute Gasteiger partial charge is 0.399 e. The number of anilines is 3. The molecule has 8 heteroatoms. The number of amides is 2. The van der Waals surface area contributed by atoms with Gasteiger partial charge in [-0.3, -0.25) is 0 Å². The van der Waals surface area contributed by atoms with Crippen molar-refractivity contribution >= 4 is 34.7 Å². The lowest BCUT2D eigenvalue weighted by molar-refractivity contribution is -0.137. The lowest BCUT2D eigenvalue weighted by atomic mass is 10.2. The predicted octanol–water partition coefficient (Wildman–Crippen LogP) is 4.59. The normalized spacial score (nSPS) is 11.1. The van der Waals surface area contributed by atoms with Crippen molar-refractivity contribution in [3.63, 3.8) is 0 Å². The first kappa shape index (κ1) is 16.0. The van der Waals surface area contributed by atoms with E-state index < -0.39 is 22.8 Å². The highest BCUT2D eigenvalue weighted by atomic mass is 35.5. The van der Waals surface area contributed by atoms with Crippen LogP contribution in [0.3, 0.4) is 0 Å². The van der Waals surface area contributed by atoms with Gasteiger partial charge in [0.1, 0.15) is 0 Å². The van der Waals surface area contributed by atoms with Crippen LogP contribution in [0.15, 0.2) is 42.5 Å². The molecule has 2 rings (SSSR count). The van der Waals surface area contributed by atoms with Gasteiger partial charge in [0.2, 0.25) is 0 Å². The van der Waals surface area contributed by atoms with E-state index in [-0.39, 0.29) is 5.69 Å². The van der Waals surface area contributed by atoms with E-state index in [2.05, 4.69) is 10.6 Å². The average molecular weight is 330 g/mol. The largest absolute Gasteiger partial charge is 0.417 e. The molecule has 4 N–H and O–H groups in total. The van der Waals surface area contributed by atoms with Crippen molar-refractivity contribution in [1.29, 1.82) is 0 Å². The fourth-order valence-electron chi connectivity index (χ4n) is 1.73. The summed E-state index contributed by atoms with van der Waals surface area (Å²) in [6, 6.07) is 8.80. The summed E-state index contributed by atoms with van der Waals surface area (Å²) >= 11 is 5.50. The quantitative estimate of drug-likeness (QED) is 0.706. The second-order valence-electron chi connectivity index (χ2n) is 4.40. The molecule has 0 atom stereocenters. The number of nitrogens with one attached hydrogen (secondary N) is 2. The molecule has 0 radical (unpaired) electrons. The lowest BCUT2D eigenvalue weighted by Gasteiger charge is -2.12. The van der Waals surface area contributed by atoms with E-state index in [0.717, 1.165) is 12.1 Å². The summed E-state index contributed by atoms with van der Waals surface area (Å²) in [5.41, 5.74) is 5.38. The minimum Gasteiger partial charge on any atom is -0.399 e. The van der Waals surface area contributed by atoms with Gasteiger partial charge in [-0.25, -0.2) is 4.79 Å². The van der Waals surface area contributed by atoms with Crippen LogP contribution in [0.5, 0.6) is 0 Å². The molecule has 0 aliphatic heterocycles. The average Bonchev–Trinajstić information content (AvgIpc) is 2.39. The Kier molecular flexibility index (Phi) is 4.46. The maximum absolute atomic E-state index is 12.7. The van der Waals surface area contributed by atoms with Crippen LogP contribution in [-0.2, 0) is 6.18 Å². The summed E-state index contributed by atoms with van der Waals surface area (Å²) in [4.78, 5) is 11.8. The zero-order chi connectivity index (χ0) is 16.3. The Bertz CT molecular complexity index is 704. The number of rotatable bonds is 2. The number of nitrogen functional groups attached to an aromatic ring is 1. The number of carbonyl (C=O) groups is 1. The molecule has 0 saturated carbocycles. The first-order valence-corrected chi connectivity index (χ1v) is 6.44. The minimum atomic E-state index is -4.60. The summed E-state index contributed by atoms with van der Waals surface area (Å²) in [6.07, 6.45) is -4.60. The number of nitrogens with two attached hydrogens (primary N) is 1. The molecule has 0 heterocycles. The fourth-order valence-corrected chi connectivity index (χ4v) is 1.95. The van der Waals surface area contributed by atoms with Gasteiger partial charge in [0.15, 0.2) is 0 Å². The Balaban J connectivity index is 2.12. The molecule has 0 saturated heterocycles. The maximum Gasteiger partial charge on any atom is 0.417 e. The van der Waals surface area contributed by atoms with Gasteiger partial charge < -0.3 is 16.4 Å². The Morgan fingerprint density at radius 2 is 1.68 bits per heavy atom. The van der Waals surface area contributed by atoms with Gasteiger partial charge in [-0.2, -0.15) is 13.2 Å². The number of halogens is 4. The van der Waals surface area contributed by atoms with E-state index in [1.54, 1.807) is 18.2 Å². The van der Waals surface area contributed by atoms with Crippen LogP contribution in [0.4, 0.5) is 35.0 Å². The molecular formula is C14H11ClF3N3O. The van der Waals surface area contributed by atoms with Crippen molar-refractivity contribution in [3.05, 3.63) is 53.1 Å². The van der Waals surface area contributed by atoms with Gasteiger partial charge in [-0.1, -0.05) is 17.7 Å². The monoisotopic (exact) mass is 329 g/mol. The topological polar surface area (TPSA) is 67.1 Å². The van der Waals surface area contributed by atoms with Crippen LogP contribution < -0.4 is 16.4 Å². The summed E-state index contributed by atoms with van der Waals surface area (Å²) < 4.78 is 38.2. The van der Waals surface area contributed by atoms with Crippen molar-refractivity contribution in [2.45, 2.75) is 6.18 Å². The molecule has 0 fully saturated rings. The Labute approximate surface area is 129 Å². The zero-order valence-corrected chi connectivity index (χ0v) is 11.8. The number of alkyl halides is 3. The molecule has 0 aromatic heterocycles. The standard InChI is InChI=1S/C14H11ClF3N3O/c15-12-5-4-10(7-11(12)14(16,17)18)21-13(22)20-9-3-1-2-8(19)6-9/h1-7H,19H2,(H2,20,21,22). The van der Waals surface area contributed by atoms with Gasteiger partial charge in [0, 0.05) is 17.1 Å². The molecule has 0 aliphatic rings. The Morgan fingerprint density at radius 1 is 1.05 bits per heavy atom. The third kappa shape index (κ3) is 4.05. The number of benzene rings is 2. The van der Waals surface area contributed by atoms with Crippen molar-refractivity contribution in [2.24, 2.45) is 0 Å². The van der Waals surface area contributed by atoms with Crippen molar-refractivity contribution in [2.75, 3.05) is 16.4 Å². The molecule has 0 bridgehead atoms. The number of carbonyl (C=O) groups excluding carboxylic acids is 1. The van der Waals surface area contributed by atoms with E-state index in [1.165, 1.54) is 12.1 Å². The highest BCUT2D eigenvalue weighted by Gasteiger charge is 2.33. The third-order valence-corrected chi connectivity index (χ3v) is 3.00. The molecule has 2 aromatic rings. The van der Waals surface area contributed by atoms with E-state index >= 15 is 0 Å². The van der Waals surface area contributed by atoms with Crippen LogP contribution in [0.25, 0.3) is 0 Å². The van der Waals surface area contributed by atoms with E-state index in [4.69, 9.17) is 17.3 Å². The van der Waals surface area contributed by atoms with Crippen LogP contribution in [-0.4, -0.2) is 6.03 Å². The SMILES string of the molecule is Nc1cccc(NC(=O)Nc2ccc(Cl)c(C(F)(F)F)c2)c1. The van der Waals surface area contributed by atoms with Crippen molar-refractivity contribution in [1.82, 2.24) is 0 Å². The minimum absolute atomic E-state index is 0.0295. The number of hydrogen-bond acceptors (Lipinski definition) is 2. The number of urea groups is 1. The number of hydrogen-bond donors (Lipinski definition) is 3. The van der Waals surface area contributed by atoms with E-state index in [0.29, 0.717) is 11.4 Å². The summed E-state index contributed by atoms with van der Waals surface area (Å²) in [5.74, 6) is 0. The lowest BCUT2D eigenvalue weighted by Crippen LogP contribution is -2.20. The molecule has 2 aromatic carbocycles. The molecular weight excluding hydrogens is 319 g/mol. The fraction of sp³-hybridized carbons (Fsp3) is 0.0714. The third-order valence-electron chi connectivity index (χ3n) is 2.67. The zero-order valence-electron chi connectivity index (χ0n) is 11.0. The summed E-state index contributed by atoms with van der Waals surface area (Å²) in [6.45, 7) is 0. The van der Waals surface area contributed by atoms with Crippen molar-refractivity contribution < 1.29 is 18.0 Å². The van der Waals surface area contributed by atoms with Crippen LogP contribution in [0, 0.1) is 0 Å². The van der Waals surface area contributed by atoms with Crippen LogP contribution in [0.1, 0.15) is 5.56 Å². The first-order chi connectivity index (χ1) is 10.3. The maximum atomic E-state index is 12.7. The molecule has 0 unspecified atom stereocenters. The van der Waals surface area contributed by atoms with Gasteiger partial charge in [0.05, 0.1) is 10.6 Å². The van der Waals surface area contributed by atoms with Gasteiger partial charge in [-0.15, -0.1) is 0 Å². The first-order valence-electron chi connectivity index (χ1n) is 6.06. The highest BCUT2D eigenvalue weighted by molar-refractivity contribution is 6.31. The second kappa shape index (κ2) is 6.15. The van der Waals surface area contributed by atoms with E-state index in [9.17, 15) is 18.0 Å². The van der Waals surface area contributed by atoms with Gasteiger partial charge in [0.25, 0.3) is 0 Å². The molecule has 0 spiro atoms. The van der Waals surface area contributed by atoms with Crippen LogP contribution >= 0.6 is 11.6 Å². The highest BCUT2D eigenvalue weighted by Crippen LogP contribution is 2.36. The predicted molar refractivity (Wildman–Crippen MR) is 79.9 cm³/mol. The van der Waals surface area contributed by atoms with E-state index in [1.807, 2.05) is 0 Å². The second-order valence-corrected chi connectivity index (χ2v) is 4.80. The van der Waals surface area contributed by atoms with Gasteiger partial charge in [-0.05, 0) is 36.4 Å². The Hall–Kier alpha value is -2.41. The summed E-state index contributed by atoms with van der Waals surface area (Å²) in [7, 11) is 0. The van der Waals surface area contributed by atoms with Crippen LogP contribution in [0.2, 0.25) is 5.02 Å². The van der Waals surface area contributed by atoms with Gasteiger partial charge >= 0.3 is 12.2 Å². The summed E-state index contributed by atoms with van der Waals surface area (Å²) in [5, 5.41) is 4.32. The molecule has 22 heavy (non-hydrogen) atoms. The molecule has 4 nitrogen and oxygen atoms in total. The molecule has 2 amide bonds.